The van der Waals surface area contributed by atoms with E-state index < -0.39 is 11.6 Å². The number of rotatable bonds is 3. The van der Waals surface area contributed by atoms with E-state index in [4.69, 9.17) is 0 Å². The molecule has 4 rings (SSSR count). The highest BCUT2D eigenvalue weighted by molar-refractivity contribution is 5.24. The van der Waals surface area contributed by atoms with E-state index in [1.54, 1.807) is 0 Å². The molecule has 1 aliphatic heterocycles. The maximum absolute atomic E-state index is 13.8. The van der Waals surface area contributed by atoms with Crippen molar-refractivity contribution in [3.63, 3.8) is 0 Å². The first-order valence-corrected chi connectivity index (χ1v) is 7.70. The van der Waals surface area contributed by atoms with Crippen LogP contribution in [0, 0.1) is 11.6 Å². The van der Waals surface area contributed by atoms with E-state index in [0.717, 1.165) is 42.7 Å². The molecule has 0 unspecified atom stereocenters. The molecule has 2 heterocycles. The van der Waals surface area contributed by atoms with Gasteiger partial charge in [-0.05, 0) is 18.9 Å². The third-order valence-electron chi connectivity index (χ3n) is 4.38. The van der Waals surface area contributed by atoms with Crippen LogP contribution in [0.3, 0.4) is 0 Å². The van der Waals surface area contributed by atoms with Crippen LogP contribution >= 0.6 is 0 Å². The number of hydrogen-bond donors (Lipinski definition) is 0. The van der Waals surface area contributed by atoms with Crippen molar-refractivity contribution in [3.05, 3.63) is 58.7 Å². The summed E-state index contributed by atoms with van der Waals surface area (Å²) in [5, 5.41) is 0. The summed E-state index contributed by atoms with van der Waals surface area (Å²) in [6, 6.07) is 3.77. The second-order valence-electron chi connectivity index (χ2n) is 6.17. The highest BCUT2D eigenvalue weighted by Gasteiger charge is 2.28. The summed E-state index contributed by atoms with van der Waals surface area (Å²) in [6.07, 6.45) is 5.19. The van der Waals surface area contributed by atoms with E-state index in [1.165, 1.54) is 25.0 Å². The molecule has 1 fully saturated rings. The molecule has 0 spiro atoms. The molecule has 22 heavy (non-hydrogen) atoms. The number of nitrogens with zero attached hydrogens (tertiary/aromatic N) is 3. The van der Waals surface area contributed by atoms with Gasteiger partial charge in [-0.25, -0.2) is 18.7 Å². The van der Waals surface area contributed by atoms with Gasteiger partial charge in [-0.15, -0.1) is 0 Å². The second kappa shape index (κ2) is 5.39. The zero-order valence-corrected chi connectivity index (χ0v) is 12.2. The molecule has 1 aromatic carbocycles. The van der Waals surface area contributed by atoms with Crippen LogP contribution in [0.5, 0.6) is 0 Å². The second-order valence-corrected chi connectivity index (χ2v) is 6.17. The molecular weight excluding hydrogens is 284 g/mol. The summed E-state index contributed by atoms with van der Waals surface area (Å²) in [5.74, 6) is 0.533. The van der Waals surface area contributed by atoms with Crippen LogP contribution in [0.2, 0.25) is 0 Å². The summed E-state index contributed by atoms with van der Waals surface area (Å²) in [4.78, 5) is 11.3. The normalized spacial score (nSPS) is 18.3. The molecule has 0 N–H and O–H groups in total. The van der Waals surface area contributed by atoms with Crippen molar-refractivity contribution in [1.82, 2.24) is 14.9 Å². The average molecular weight is 301 g/mol. The molecule has 0 bridgehead atoms. The predicted octanol–water partition coefficient (Wildman–Crippen LogP) is 3.19. The molecule has 3 nitrogen and oxygen atoms in total. The molecule has 0 amide bonds. The molecule has 1 aliphatic carbocycles. The summed E-state index contributed by atoms with van der Waals surface area (Å²) >= 11 is 0. The van der Waals surface area contributed by atoms with Crippen LogP contribution in [0.1, 0.15) is 41.4 Å². The standard InChI is InChI=1S/C17H17F2N3/c18-14-4-3-12(15(19)7-14)9-22-6-5-16-13(10-22)8-20-17(21-16)11-1-2-11/h3-4,7-8,11H,1-2,5-6,9-10H2. The van der Waals surface area contributed by atoms with Gasteiger partial charge in [0.15, 0.2) is 0 Å². The molecule has 1 saturated carbocycles. The van der Waals surface area contributed by atoms with Gasteiger partial charge in [0.05, 0.1) is 0 Å². The van der Waals surface area contributed by atoms with Gasteiger partial charge in [-0.1, -0.05) is 6.07 Å². The smallest absolute Gasteiger partial charge is 0.131 e. The minimum absolute atomic E-state index is 0.480. The Kier molecular flexibility index (Phi) is 3.37. The highest BCUT2D eigenvalue weighted by atomic mass is 19.1. The highest BCUT2D eigenvalue weighted by Crippen LogP contribution is 2.38. The third kappa shape index (κ3) is 2.73. The lowest BCUT2D eigenvalue weighted by molar-refractivity contribution is 0.239. The molecule has 2 aliphatic rings. The molecule has 5 heteroatoms. The molecule has 0 saturated heterocycles. The molecule has 114 valence electrons. The minimum Gasteiger partial charge on any atom is -0.294 e. The molecule has 0 atom stereocenters. The van der Waals surface area contributed by atoms with Gasteiger partial charge in [-0.3, -0.25) is 4.90 Å². The van der Waals surface area contributed by atoms with Crippen LogP contribution < -0.4 is 0 Å². The fourth-order valence-corrected chi connectivity index (χ4v) is 2.95. The van der Waals surface area contributed by atoms with Crippen molar-refractivity contribution in [1.29, 1.82) is 0 Å². The number of fused-ring (bicyclic) bond motifs is 1. The third-order valence-corrected chi connectivity index (χ3v) is 4.38. The van der Waals surface area contributed by atoms with Crippen LogP contribution in [0.15, 0.2) is 24.4 Å². The van der Waals surface area contributed by atoms with Gasteiger partial charge in [0.2, 0.25) is 0 Å². The van der Waals surface area contributed by atoms with Crippen LogP contribution in [-0.4, -0.2) is 21.4 Å². The van der Waals surface area contributed by atoms with Gasteiger partial charge in [0, 0.05) is 61.1 Å². The maximum Gasteiger partial charge on any atom is 0.131 e. The average Bonchev–Trinajstić information content (AvgIpc) is 3.34. The Bertz CT molecular complexity index is 713. The SMILES string of the molecule is Fc1ccc(CN2CCc3nc(C4CC4)ncc3C2)c(F)c1. The predicted molar refractivity (Wildman–Crippen MR) is 78.2 cm³/mol. The van der Waals surface area contributed by atoms with Crippen molar-refractivity contribution in [3.8, 4) is 0 Å². The van der Waals surface area contributed by atoms with Crippen molar-refractivity contribution in [2.24, 2.45) is 0 Å². The summed E-state index contributed by atoms with van der Waals surface area (Å²) < 4.78 is 26.7. The Morgan fingerprint density at radius 1 is 1.23 bits per heavy atom. The van der Waals surface area contributed by atoms with Crippen LogP contribution in [-0.2, 0) is 19.5 Å². The summed E-state index contributed by atoms with van der Waals surface area (Å²) in [7, 11) is 0. The van der Waals surface area contributed by atoms with Gasteiger partial charge >= 0.3 is 0 Å². The lowest BCUT2D eigenvalue weighted by atomic mass is 10.1. The Labute approximate surface area is 128 Å². The topological polar surface area (TPSA) is 29.0 Å². The van der Waals surface area contributed by atoms with Gasteiger partial charge < -0.3 is 0 Å². The van der Waals surface area contributed by atoms with E-state index in [1.807, 2.05) is 6.20 Å². The molecule has 0 radical (unpaired) electrons. The van der Waals surface area contributed by atoms with Crippen molar-refractivity contribution in [2.45, 2.75) is 38.3 Å². The monoisotopic (exact) mass is 301 g/mol. The largest absolute Gasteiger partial charge is 0.294 e. The Balaban J connectivity index is 1.49. The number of benzene rings is 1. The zero-order chi connectivity index (χ0) is 15.1. The first kappa shape index (κ1) is 13.8. The summed E-state index contributed by atoms with van der Waals surface area (Å²) in [5.41, 5.74) is 2.78. The lowest BCUT2D eigenvalue weighted by Crippen LogP contribution is -2.31. The minimum atomic E-state index is -0.536. The molecule has 1 aromatic heterocycles. The van der Waals surface area contributed by atoms with E-state index >= 15 is 0 Å². The van der Waals surface area contributed by atoms with E-state index in [0.29, 0.717) is 18.0 Å². The van der Waals surface area contributed by atoms with Gasteiger partial charge in [0.25, 0.3) is 0 Å². The van der Waals surface area contributed by atoms with Crippen LogP contribution in [0.25, 0.3) is 0 Å². The zero-order valence-electron chi connectivity index (χ0n) is 12.2. The Morgan fingerprint density at radius 2 is 2.09 bits per heavy atom. The molecular formula is C17H17F2N3. The molecule has 2 aromatic rings. The summed E-state index contributed by atoms with van der Waals surface area (Å²) in [6.45, 7) is 2.04. The van der Waals surface area contributed by atoms with E-state index in [2.05, 4.69) is 14.9 Å². The van der Waals surface area contributed by atoms with Gasteiger partial charge in [0.1, 0.15) is 17.5 Å². The first-order valence-electron chi connectivity index (χ1n) is 7.70. The Morgan fingerprint density at radius 3 is 2.86 bits per heavy atom. The van der Waals surface area contributed by atoms with E-state index in [-0.39, 0.29) is 0 Å². The fourth-order valence-electron chi connectivity index (χ4n) is 2.95. The maximum atomic E-state index is 13.8. The first-order chi connectivity index (χ1) is 10.7. The van der Waals surface area contributed by atoms with Crippen molar-refractivity contribution >= 4 is 0 Å². The van der Waals surface area contributed by atoms with Crippen molar-refractivity contribution in [2.75, 3.05) is 6.54 Å². The fraction of sp³-hybridized carbons (Fsp3) is 0.412. The number of aromatic nitrogens is 2. The van der Waals surface area contributed by atoms with Crippen LogP contribution in [0.4, 0.5) is 8.78 Å². The lowest BCUT2D eigenvalue weighted by Gasteiger charge is -2.28. The van der Waals surface area contributed by atoms with E-state index in [9.17, 15) is 8.78 Å². The number of halogens is 2. The Hall–Kier alpha value is -1.88. The van der Waals surface area contributed by atoms with Gasteiger partial charge in [-0.2, -0.15) is 0 Å². The number of hydrogen-bond acceptors (Lipinski definition) is 3. The van der Waals surface area contributed by atoms with Crippen molar-refractivity contribution < 1.29 is 8.78 Å². The quantitative estimate of drug-likeness (QED) is 0.872.